The van der Waals surface area contributed by atoms with Gasteiger partial charge in [-0.3, -0.25) is 14.2 Å². The Morgan fingerprint density at radius 3 is 2.60 bits per heavy atom. The van der Waals surface area contributed by atoms with E-state index >= 15 is 0 Å². The van der Waals surface area contributed by atoms with Crippen LogP contribution in [0.3, 0.4) is 0 Å². The molecule has 0 bridgehead atoms. The topological polar surface area (TPSA) is 64.0 Å². The van der Waals surface area contributed by atoms with E-state index in [1.54, 1.807) is 0 Å². The van der Waals surface area contributed by atoms with Crippen molar-refractivity contribution in [3.05, 3.63) is 88.0 Å². The van der Waals surface area contributed by atoms with Gasteiger partial charge in [-0.05, 0) is 49.1 Å². The van der Waals surface area contributed by atoms with Gasteiger partial charge in [0.1, 0.15) is 11.4 Å². The lowest BCUT2D eigenvalue weighted by Crippen LogP contribution is -2.33. The maximum atomic E-state index is 12.9. The van der Waals surface area contributed by atoms with Gasteiger partial charge in [-0.1, -0.05) is 48.5 Å². The van der Waals surface area contributed by atoms with E-state index in [2.05, 4.69) is 36.3 Å². The van der Waals surface area contributed by atoms with Gasteiger partial charge in [-0.25, -0.2) is 4.98 Å². The molecule has 4 aromatic rings. The predicted molar refractivity (Wildman–Crippen MR) is 122 cm³/mol. The monoisotopic (exact) mass is 417 g/mol. The lowest BCUT2D eigenvalue weighted by molar-refractivity contribution is -0.122. The number of thiophene rings is 1. The van der Waals surface area contributed by atoms with Crippen LogP contribution in [0.15, 0.2) is 65.7 Å². The number of nitrogens with zero attached hydrogens (tertiary/aromatic N) is 2. The Morgan fingerprint density at radius 1 is 1.10 bits per heavy atom. The van der Waals surface area contributed by atoms with Crippen molar-refractivity contribution in [2.24, 2.45) is 0 Å². The lowest BCUT2D eigenvalue weighted by atomic mass is 10.0. The summed E-state index contributed by atoms with van der Waals surface area (Å²) in [7, 11) is 0. The number of rotatable bonds is 5. The fraction of sp³-hybridized carbons (Fsp3) is 0.208. The number of hydrogen-bond acceptors (Lipinski definition) is 4. The van der Waals surface area contributed by atoms with E-state index < -0.39 is 0 Å². The highest BCUT2D eigenvalue weighted by molar-refractivity contribution is 7.21. The summed E-state index contributed by atoms with van der Waals surface area (Å²) in [5, 5.41) is 3.51. The Bertz CT molecular complexity index is 1270. The second kappa shape index (κ2) is 8.24. The molecule has 1 N–H and O–H groups in total. The molecule has 1 atom stereocenters. The normalized spacial score (nSPS) is 12.1. The molecule has 0 unspecified atom stereocenters. The minimum absolute atomic E-state index is 0.0620. The first-order valence-corrected chi connectivity index (χ1v) is 10.6. The third-order valence-corrected chi connectivity index (χ3v) is 6.39. The molecule has 2 aromatic carbocycles. The van der Waals surface area contributed by atoms with Crippen LogP contribution >= 0.6 is 11.3 Å². The number of carbonyl (C=O) groups excluding carboxylic acids is 1. The standard InChI is InChI=1S/C24H23N3O2S/c1-15-9-10-19(11-16(15)2)17(3)26-22(28)13-27-14-25-23-20(24(27)29)12-21(30-23)18-7-5-4-6-8-18/h4-12,14,17H,13H2,1-3H3,(H,26,28)/t17-/m1/s1. The molecule has 6 heteroatoms. The van der Waals surface area contributed by atoms with E-state index in [0.717, 1.165) is 16.0 Å². The molecule has 2 heterocycles. The van der Waals surface area contributed by atoms with Gasteiger partial charge in [-0.2, -0.15) is 0 Å². The van der Waals surface area contributed by atoms with Crippen molar-refractivity contribution < 1.29 is 4.79 Å². The summed E-state index contributed by atoms with van der Waals surface area (Å²) in [6.07, 6.45) is 1.45. The molecule has 0 saturated carbocycles. The van der Waals surface area contributed by atoms with Crippen molar-refractivity contribution in [3.63, 3.8) is 0 Å². The van der Waals surface area contributed by atoms with E-state index in [9.17, 15) is 9.59 Å². The van der Waals surface area contributed by atoms with Gasteiger partial charge >= 0.3 is 0 Å². The first kappa shape index (κ1) is 20.0. The molecule has 152 valence electrons. The van der Waals surface area contributed by atoms with Gasteiger partial charge in [0, 0.05) is 4.88 Å². The van der Waals surface area contributed by atoms with Crippen molar-refractivity contribution >= 4 is 27.5 Å². The van der Waals surface area contributed by atoms with Crippen LogP contribution in [0.4, 0.5) is 0 Å². The highest BCUT2D eigenvalue weighted by Gasteiger charge is 2.14. The van der Waals surface area contributed by atoms with Crippen LogP contribution in [0, 0.1) is 13.8 Å². The number of aromatic nitrogens is 2. The summed E-state index contributed by atoms with van der Waals surface area (Å²) in [4.78, 5) is 31.5. The van der Waals surface area contributed by atoms with Crippen LogP contribution in [-0.2, 0) is 11.3 Å². The van der Waals surface area contributed by atoms with E-state index in [1.165, 1.54) is 33.4 Å². The van der Waals surface area contributed by atoms with Crippen LogP contribution in [0.1, 0.15) is 29.7 Å². The van der Waals surface area contributed by atoms with E-state index in [4.69, 9.17) is 0 Å². The van der Waals surface area contributed by atoms with Gasteiger partial charge in [0.25, 0.3) is 5.56 Å². The quantitative estimate of drug-likeness (QED) is 0.515. The number of hydrogen-bond donors (Lipinski definition) is 1. The number of amides is 1. The average Bonchev–Trinajstić information content (AvgIpc) is 3.18. The third-order valence-electron chi connectivity index (χ3n) is 5.30. The van der Waals surface area contributed by atoms with E-state index in [1.807, 2.05) is 49.4 Å². The molecule has 0 aliphatic carbocycles. The molecule has 0 saturated heterocycles. The van der Waals surface area contributed by atoms with E-state index in [0.29, 0.717) is 10.2 Å². The lowest BCUT2D eigenvalue weighted by Gasteiger charge is -2.16. The molecular weight excluding hydrogens is 394 g/mol. The first-order chi connectivity index (χ1) is 14.4. The zero-order valence-corrected chi connectivity index (χ0v) is 18.0. The highest BCUT2D eigenvalue weighted by atomic mass is 32.1. The Kier molecular flexibility index (Phi) is 5.50. The summed E-state index contributed by atoms with van der Waals surface area (Å²) >= 11 is 1.48. The van der Waals surface area contributed by atoms with Crippen molar-refractivity contribution in [1.29, 1.82) is 0 Å². The third kappa shape index (κ3) is 4.04. The highest BCUT2D eigenvalue weighted by Crippen LogP contribution is 2.30. The van der Waals surface area contributed by atoms with Gasteiger partial charge in [0.2, 0.25) is 5.91 Å². The zero-order valence-electron chi connectivity index (χ0n) is 17.2. The fourth-order valence-electron chi connectivity index (χ4n) is 3.38. The van der Waals surface area contributed by atoms with Gasteiger partial charge in [0.15, 0.2) is 0 Å². The van der Waals surface area contributed by atoms with Crippen molar-refractivity contribution in [3.8, 4) is 10.4 Å². The largest absolute Gasteiger partial charge is 0.348 e. The summed E-state index contributed by atoms with van der Waals surface area (Å²) in [5.41, 5.74) is 4.29. The maximum absolute atomic E-state index is 12.9. The number of benzene rings is 2. The number of fused-ring (bicyclic) bond motifs is 1. The first-order valence-electron chi connectivity index (χ1n) is 9.83. The maximum Gasteiger partial charge on any atom is 0.262 e. The Labute approximate surface area is 179 Å². The fourth-order valence-corrected chi connectivity index (χ4v) is 4.37. The minimum Gasteiger partial charge on any atom is -0.348 e. The molecule has 30 heavy (non-hydrogen) atoms. The zero-order chi connectivity index (χ0) is 21.3. The molecule has 0 aliphatic heterocycles. The van der Waals surface area contributed by atoms with Crippen molar-refractivity contribution in [1.82, 2.24) is 14.9 Å². The van der Waals surface area contributed by atoms with Crippen LogP contribution in [0.25, 0.3) is 20.7 Å². The van der Waals surface area contributed by atoms with Gasteiger partial charge in [0.05, 0.1) is 17.8 Å². The SMILES string of the molecule is Cc1ccc([C@@H](C)NC(=O)Cn2cnc3sc(-c4ccccc4)cc3c2=O)cc1C. The second-order valence-corrected chi connectivity index (χ2v) is 8.54. The number of aryl methyl sites for hydroxylation is 2. The molecular formula is C24H23N3O2S. The molecule has 5 nitrogen and oxygen atoms in total. The van der Waals surface area contributed by atoms with Gasteiger partial charge < -0.3 is 5.32 Å². The summed E-state index contributed by atoms with van der Waals surface area (Å²) < 4.78 is 1.37. The Hall–Kier alpha value is -3.25. The minimum atomic E-state index is -0.220. The molecule has 0 aliphatic rings. The van der Waals surface area contributed by atoms with Crippen LogP contribution in [-0.4, -0.2) is 15.5 Å². The second-order valence-electron chi connectivity index (χ2n) is 7.51. The molecule has 2 aromatic heterocycles. The predicted octanol–water partition coefficient (Wildman–Crippen LogP) is 4.62. The molecule has 0 fully saturated rings. The smallest absolute Gasteiger partial charge is 0.262 e. The molecule has 4 rings (SSSR count). The Balaban J connectivity index is 1.53. The molecule has 1 amide bonds. The van der Waals surface area contributed by atoms with Crippen LogP contribution in [0.5, 0.6) is 0 Å². The number of carbonyl (C=O) groups is 1. The van der Waals surface area contributed by atoms with Crippen molar-refractivity contribution in [2.75, 3.05) is 0 Å². The number of nitrogens with one attached hydrogen (secondary N) is 1. The summed E-state index contributed by atoms with van der Waals surface area (Å²) in [6, 6.07) is 17.8. The van der Waals surface area contributed by atoms with Gasteiger partial charge in [-0.15, -0.1) is 11.3 Å². The Morgan fingerprint density at radius 2 is 1.87 bits per heavy atom. The summed E-state index contributed by atoms with van der Waals surface area (Å²) in [5.74, 6) is -0.220. The average molecular weight is 418 g/mol. The van der Waals surface area contributed by atoms with Crippen LogP contribution < -0.4 is 10.9 Å². The van der Waals surface area contributed by atoms with Crippen molar-refractivity contribution in [2.45, 2.75) is 33.4 Å². The summed E-state index contributed by atoms with van der Waals surface area (Å²) in [6.45, 7) is 5.99. The van der Waals surface area contributed by atoms with Crippen LogP contribution in [0.2, 0.25) is 0 Å². The molecule has 0 radical (unpaired) electrons. The van der Waals surface area contributed by atoms with E-state index in [-0.39, 0.29) is 24.1 Å². The molecule has 0 spiro atoms.